The summed E-state index contributed by atoms with van der Waals surface area (Å²) in [6.45, 7) is 8.53. The summed E-state index contributed by atoms with van der Waals surface area (Å²) >= 11 is 0. The van der Waals surface area contributed by atoms with Crippen molar-refractivity contribution in [1.29, 1.82) is 0 Å². The molecule has 180 valence electrons. The van der Waals surface area contributed by atoms with E-state index in [1.54, 1.807) is 5.56 Å². The van der Waals surface area contributed by atoms with E-state index in [-0.39, 0.29) is 5.41 Å². The van der Waals surface area contributed by atoms with Gasteiger partial charge in [-0.2, -0.15) is 0 Å². The van der Waals surface area contributed by atoms with E-state index >= 15 is 0 Å². The van der Waals surface area contributed by atoms with Crippen molar-refractivity contribution < 1.29 is 4.74 Å². The van der Waals surface area contributed by atoms with Crippen molar-refractivity contribution in [2.24, 2.45) is 47.3 Å². The predicted octanol–water partition coefficient (Wildman–Crippen LogP) is 8.66. The van der Waals surface area contributed by atoms with Crippen LogP contribution in [0.4, 0.5) is 0 Å². The maximum absolute atomic E-state index is 6.35. The van der Waals surface area contributed by atoms with E-state index in [0.717, 1.165) is 47.0 Å². The fourth-order valence-corrected chi connectivity index (χ4v) is 10.2. The molecule has 8 atom stereocenters. The molecule has 3 aromatic carbocycles. The van der Waals surface area contributed by atoms with E-state index in [9.17, 15) is 0 Å². The Morgan fingerprint density at radius 1 is 0.639 bits per heavy atom. The summed E-state index contributed by atoms with van der Waals surface area (Å²) in [5.74, 6) is 8.27. The molecule has 0 amide bonds. The monoisotopic (exact) mass is 470 g/mol. The zero-order chi connectivity index (χ0) is 24.0. The summed E-state index contributed by atoms with van der Waals surface area (Å²) in [6, 6.07) is 26.3. The topological polar surface area (TPSA) is 9.23 Å². The fraction of sp³-hybridized carbons (Fsp3) is 0.371. The quantitative estimate of drug-likeness (QED) is 0.347. The van der Waals surface area contributed by atoms with Crippen LogP contribution in [0.1, 0.15) is 36.8 Å². The van der Waals surface area contributed by atoms with Crippen molar-refractivity contribution in [2.45, 2.75) is 31.1 Å². The number of rotatable bonds is 4. The van der Waals surface area contributed by atoms with Gasteiger partial charge in [-0.15, -0.1) is 13.2 Å². The van der Waals surface area contributed by atoms with E-state index in [2.05, 4.69) is 67.8 Å². The van der Waals surface area contributed by atoms with E-state index in [0.29, 0.717) is 11.8 Å². The zero-order valence-corrected chi connectivity index (χ0v) is 20.9. The molecule has 4 saturated carbocycles. The minimum atomic E-state index is 0.125. The van der Waals surface area contributed by atoms with Gasteiger partial charge in [0.25, 0.3) is 0 Å². The molecule has 0 aliphatic heterocycles. The van der Waals surface area contributed by atoms with Crippen LogP contribution < -0.4 is 4.74 Å². The van der Waals surface area contributed by atoms with Crippen LogP contribution in [0.3, 0.4) is 0 Å². The van der Waals surface area contributed by atoms with Crippen molar-refractivity contribution in [3.05, 3.63) is 109 Å². The number of benzene rings is 3. The number of hydrogen-bond donors (Lipinski definition) is 0. The zero-order valence-electron chi connectivity index (χ0n) is 20.9. The van der Waals surface area contributed by atoms with Crippen LogP contribution in [0.5, 0.6) is 11.5 Å². The summed E-state index contributed by atoms with van der Waals surface area (Å²) < 4.78 is 6.35. The van der Waals surface area contributed by atoms with Crippen LogP contribution in [0, 0.1) is 47.3 Å². The third-order valence-electron chi connectivity index (χ3n) is 11.2. The Morgan fingerprint density at radius 3 is 1.97 bits per heavy atom. The molecule has 0 aromatic heterocycles. The molecule has 4 fully saturated rings. The van der Waals surface area contributed by atoms with Crippen LogP contribution in [0.25, 0.3) is 11.1 Å². The van der Waals surface area contributed by atoms with Gasteiger partial charge in [0.15, 0.2) is 0 Å². The summed E-state index contributed by atoms with van der Waals surface area (Å²) in [6.07, 6.45) is 9.89. The second-order valence-electron chi connectivity index (χ2n) is 12.2. The van der Waals surface area contributed by atoms with Crippen molar-refractivity contribution in [2.75, 3.05) is 0 Å². The standard InChI is InChI=1S/C35H34O/c1-3-21-16-22(4-2)34-28-18-27(33(21)34)29-19-35(20-30(28)29)31-13-9-8-12-25(31)26-15-14-24(17-32(26)35)36-23-10-6-5-7-11-23/h3-15,17,21-22,27-30,33-34H,1-2,16,18-20H2. The van der Waals surface area contributed by atoms with Crippen LogP contribution in [0.15, 0.2) is 98.1 Å². The number of para-hydroxylation sites is 1. The summed E-state index contributed by atoms with van der Waals surface area (Å²) in [4.78, 5) is 0. The summed E-state index contributed by atoms with van der Waals surface area (Å²) in [5, 5.41) is 0. The number of allylic oxidation sites excluding steroid dienone is 2. The molecule has 3 aromatic rings. The number of ether oxygens (including phenoxy) is 1. The molecule has 5 aliphatic carbocycles. The lowest BCUT2D eigenvalue weighted by atomic mass is 9.67. The smallest absolute Gasteiger partial charge is 0.127 e. The Kier molecular flexibility index (Phi) is 4.38. The molecular formula is C35H34O. The lowest BCUT2D eigenvalue weighted by molar-refractivity contribution is 0.113. The highest BCUT2D eigenvalue weighted by molar-refractivity contribution is 5.82. The average Bonchev–Trinajstić information content (AvgIpc) is 3.70. The summed E-state index contributed by atoms with van der Waals surface area (Å²) in [7, 11) is 0. The van der Waals surface area contributed by atoms with Crippen molar-refractivity contribution in [3.63, 3.8) is 0 Å². The predicted molar refractivity (Wildman–Crippen MR) is 146 cm³/mol. The molecule has 36 heavy (non-hydrogen) atoms. The molecule has 0 heterocycles. The first-order valence-corrected chi connectivity index (χ1v) is 13.9. The first kappa shape index (κ1) is 21.1. The minimum absolute atomic E-state index is 0.125. The molecule has 1 spiro atoms. The van der Waals surface area contributed by atoms with E-state index in [4.69, 9.17) is 4.74 Å². The SMILES string of the molecule is C=CC1CC(C=C)C2C3CC(C4CC5(CC43)c3ccccc3-c3ccc(Oc4ccccc4)cc35)C12. The molecular weight excluding hydrogens is 436 g/mol. The molecule has 0 saturated heterocycles. The highest BCUT2D eigenvalue weighted by Crippen LogP contribution is 2.74. The van der Waals surface area contributed by atoms with Gasteiger partial charge in [-0.1, -0.05) is 60.7 Å². The van der Waals surface area contributed by atoms with E-state index in [1.165, 1.54) is 42.4 Å². The Hall–Kier alpha value is -3.06. The first-order valence-electron chi connectivity index (χ1n) is 13.9. The van der Waals surface area contributed by atoms with Gasteiger partial charge < -0.3 is 4.74 Å². The Balaban J connectivity index is 1.21. The Labute approximate surface area is 214 Å². The molecule has 1 nitrogen and oxygen atoms in total. The maximum Gasteiger partial charge on any atom is 0.127 e. The maximum atomic E-state index is 6.35. The largest absolute Gasteiger partial charge is 0.457 e. The van der Waals surface area contributed by atoms with Crippen LogP contribution >= 0.6 is 0 Å². The molecule has 8 unspecified atom stereocenters. The van der Waals surface area contributed by atoms with Gasteiger partial charge in [0.2, 0.25) is 0 Å². The molecule has 0 radical (unpaired) electrons. The van der Waals surface area contributed by atoms with Crippen LogP contribution in [-0.4, -0.2) is 0 Å². The highest BCUT2D eigenvalue weighted by Gasteiger charge is 2.68. The van der Waals surface area contributed by atoms with Crippen LogP contribution in [-0.2, 0) is 5.41 Å². The number of hydrogen-bond acceptors (Lipinski definition) is 1. The fourth-order valence-electron chi connectivity index (χ4n) is 10.2. The van der Waals surface area contributed by atoms with Gasteiger partial charge in [0.05, 0.1) is 0 Å². The third kappa shape index (κ3) is 2.62. The van der Waals surface area contributed by atoms with Gasteiger partial charge in [0.1, 0.15) is 11.5 Å². The molecule has 1 heteroatoms. The molecule has 0 N–H and O–H groups in total. The lowest BCUT2D eigenvalue weighted by Gasteiger charge is -2.37. The van der Waals surface area contributed by atoms with Gasteiger partial charge in [-0.25, -0.2) is 0 Å². The van der Waals surface area contributed by atoms with Crippen LogP contribution in [0.2, 0.25) is 0 Å². The molecule has 8 rings (SSSR count). The second-order valence-corrected chi connectivity index (χ2v) is 12.2. The highest BCUT2D eigenvalue weighted by atomic mass is 16.5. The van der Waals surface area contributed by atoms with Crippen molar-refractivity contribution >= 4 is 0 Å². The minimum Gasteiger partial charge on any atom is -0.457 e. The summed E-state index contributed by atoms with van der Waals surface area (Å²) in [5.41, 5.74) is 6.07. The van der Waals surface area contributed by atoms with E-state index in [1.807, 2.05) is 30.3 Å². The van der Waals surface area contributed by atoms with Gasteiger partial charge in [0, 0.05) is 5.41 Å². The van der Waals surface area contributed by atoms with Crippen molar-refractivity contribution in [3.8, 4) is 22.6 Å². The van der Waals surface area contributed by atoms with Gasteiger partial charge in [-0.05, 0) is 120 Å². The van der Waals surface area contributed by atoms with Crippen molar-refractivity contribution in [1.82, 2.24) is 0 Å². The van der Waals surface area contributed by atoms with Gasteiger partial charge >= 0.3 is 0 Å². The Bertz CT molecular complexity index is 1330. The lowest BCUT2D eigenvalue weighted by Crippen LogP contribution is -2.33. The molecule has 2 bridgehead atoms. The third-order valence-corrected chi connectivity index (χ3v) is 11.2. The Morgan fingerprint density at radius 2 is 1.28 bits per heavy atom. The molecule has 5 aliphatic rings. The van der Waals surface area contributed by atoms with E-state index < -0.39 is 0 Å². The van der Waals surface area contributed by atoms with Gasteiger partial charge in [-0.3, -0.25) is 0 Å². The first-order chi connectivity index (χ1) is 17.7. The normalized spacial score (nSPS) is 38.4. The average molecular weight is 471 g/mol. The number of fused-ring (bicyclic) bond motifs is 13. The second kappa shape index (κ2) is 7.48.